The summed E-state index contributed by atoms with van der Waals surface area (Å²) in [6.07, 6.45) is 0. The highest BCUT2D eigenvalue weighted by atomic mass is 16.2. The molecule has 0 saturated carbocycles. The highest BCUT2D eigenvalue weighted by Crippen LogP contribution is 2.18. The van der Waals surface area contributed by atoms with Crippen molar-refractivity contribution in [2.24, 2.45) is 5.73 Å². The first-order valence-electron chi connectivity index (χ1n) is 7.13. The van der Waals surface area contributed by atoms with Crippen LogP contribution in [-0.2, 0) is 4.79 Å². The Labute approximate surface area is 124 Å². The summed E-state index contributed by atoms with van der Waals surface area (Å²) in [7, 11) is 0. The van der Waals surface area contributed by atoms with Crippen LogP contribution in [0, 0.1) is 6.92 Å². The molecule has 0 spiro atoms. The normalized spacial score (nSPS) is 17.3. The van der Waals surface area contributed by atoms with Crippen LogP contribution in [0.3, 0.4) is 0 Å². The van der Waals surface area contributed by atoms with Gasteiger partial charge in [-0.1, -0.05) is 12.1 Å². The number of rotatable bonds is 3. The first-order chi connectivity index (χ1) is 9.97. The van der Waals surface area contributed by atoms with Gasteiger partial charge in [0.05, 0.1) is 6.04 Å². The van der Waals surface area contributed by atoms with E-state index in [-0.39, 0.29) is 11.9 Å². The van der Waals surface area contributed by atoms with Gasteiger partial charge in [0.2, 0.25) is 5.91 Å². The molecular weight excluding hydrogens is 268 g/mol. The van der Waals surface area contributed by atoms with Crippen molar-refractivity contribution in [1.29, 1.82) is 0 Å². The van der Waals surface area contributed by atoms with Crippen molar-refractivity contribution in [1.82, 2.24) is 10.2 Å². The smallest absolute Gasteiger partial charge is 0.318 e. The van der Waals surface area contributed by atoms with Crippen LogP contribution >= 0.6 is 0 Å². The third-order valence-corrected chi connectivity index (χ3v) is 3.85. The number of aryl methyl sites for hydroxylation is 1. The van der Waals surface area contributed by atoms with E-state index in [4.69, 9.17) is 5.73 Å². The Kier molecular flexibility index (Phi) is 4.80. The molecule has 1 aromatic carbocycles. The molecule has 3 N–H and O–H groups in total. The Balaban J connectivity index is 1.91. The summed E-state index contributed by atoms with van der Waals surface area (Å²) >= 11 is 0. The molecular formula is C15H22N4O2. The number of hydrogen-bond acceptors (Lipinski definition) is 4. The molecule has 114 valence electrons. The molecule has 1 fully saturated rings. The predicted octanol–water partition coefficient (Wildman–Crippen LogP) is 0.700. The number of nitrogens with two attached hydrogens (primary N) is 1. The largest absolute Gasteiger partial charge is 0.369 e. The lowest BCUT2D eigenvalue weighted by Gasteiger charge is -2.38. The molecule has 1 aliphatic heterocycles. The van der Waals surface area contributed by atoms with Gasteiger partial charge >= 0.3 is 6.03 Å². The SMILES string of the molecule is Cc1cccc(N2CCN(C(C)C(=O)NC(N)=O)CC2)c1. The quantitative estimate of drug-likeness (QED) is 0.859. The molecule has 6 nitrogen and oxygen atoms in total. The average molecular weight is 290 g/mol. The highest BCUT2D eigenvalue weighted by Gasteiger charge is 2.26. The lowest BCUT2D eigenvalue weighted by Crippen LogP contribution is -2.55. The monoisotopic (exact) mass is 290 g/mol. The van der Waals surface area contributed by atoms with Crippen LogP contribution in [0.1, 0.15) is 12.5 Å². The number of urea groups is 1. The van der Waals surface area contributed by atoms with Crippen molar-refractivity contribution >= 4 is 17.6 Å². The molecule has 1 aromatic rings. The summed E-state index contributed by atoms with van der Waals surface area (Å²) in [4.78, 5) is 26.9. The number of benzene rings is 1. The molecule has 21 heavy (non-hydrogen) atoms. The van der Waals surface area contributed by atoms with Gasteiger partial charge in [0.25, 0.3) is 0 Å². The Morgan fingerprint density at radius 1 is 1.24 bits per heavy atom. The van der Waals surface area contributed by atoms with Crippen LogP contribution in [0.25, 0.3) is 0 Å². The maximum atomic E-state index is 11.8. The van der Waals surface area contributed by atoms with Crippen LogP contribution in [0.2, 0.25) is 0 Å². The number of carbonyl (C=O) groups is 2. The fraction of sp³-hybridized carbons (Fsp3) is 0.467. The van der Waals surface area contributed by atoms with Crippen molar-refractivity contribution in [2.45, 2.75) is 19.9 Å². The molecule has 1 unspecified atom stereocenters. The van der Waals surface area contributed by atoms with Crippen LogP contribution in [-0.4, -0.2) is 49.1 Å². The number of nitrogens with one attached hydrogen (secondary N) is 1. The van der Waals surface area contributed by atoms with E-state index in [0.717, 1.165) is 26.2 Å². The van der Waals surface area contributed by atoms with E-state index in [1.165, 1.54) is 11.3 Å². The predicted molar refractivity (Wildman–Crippen MR) is 82.2 cm³/mol. The number of hydrogen-bond donors (Lipinski definition) is 2. The Bertz CT molecular complexity index is 524. The van der Waals surface area contributed by atoms with Gasteiger partial charge in [-0.15, -0.1) is 0 Å². The molecule has 6 heteroatoms. The number of imide groups is 1. The topological polar surface area (TPSA) is 78.7 Å². The zero-order valence-electron chi connectivity index (χ0n) is 12.5. The second kappa shape index (κ2) is 6.58. The first kappa shape index (κ1) is 15.3. The molecule has 0 aromatic heterocycles. The molecule has 1 aliphatic rings. The third kappa shape index (κ3) is 3.95. The fourth-order valence-corrected chi connectivity index (χ4v) is 2.58. The molecule has 0 bridgehead atoms. The Morgan fingerprint density at radius 3 is 2.48 bits per heavy atom. The van der Waals surface area contributed by atoms with Gasteiger partial charge in [-0.25, -0.2) is 4.79 Å². The zero-order valence-corrected chi connectivity index (χ0v) is 12.5. The van der Waals surface area contributed by atoms with Crippen molar-refractivity contribution in [2.75, 3.05) is 31.1 Å². The summed E-state index contributed by atoms with van der Waals surface area (Å²) in [6.45, 7) is 7.15. The van der Waals surface area contributed by atoms with Gasteiger partial charge in [-0.05, 0) is 31.5 Å². The second-order valence-electron chi connectivity index (χ2n) is 5.39. The lowest BCUT2D eigenvalue weighted by molar-refractivity contribution is -0.124. The minimum absolute atomic E-state index is 0.341. The van der Waals surface area contributed by atoms with E-state index in [1.807, 2.05) is 0 Å². The fourth-order valence-electron chi connectivity index (χ4n) is 2.58. The van der Waals surface area contributed by atoms with Crippen LogP contribution < -0.4 is 16.0 Å². The number of amides is 3. The minimum atomic E-state index is -0.801. The van der Waals surface area contributed by atoms with Crippen LogP contribution in [0.5, 0.6) is 0 Å². The third-order valence-electron chi connectivity index (χ3n) is 3.85. The van der Waals surface area contributed by atoms with Crippen molar-refractivity contribution < 1.29 is 9.59 Å². The van der Waals surface area contributed by atoms with Gasteiger partial charge in [0.15, 0.2) is 0 Å². The van der Waals surface area contributed by atoms with Gasteiger partial charge in [-0.2, -0.15) is 0 Å². The van der Waals surface area contributed by atoms with Crippen LogP contribution in [0.4, 0.5) is 10.5 Å². The second-order valence-corrected chi connectivity index (χ2v) is 5.39. The summed E-state index contributed by atoms with van der Waals surface area (Å²) in [5.74, 6) is -0.341. The number of carbonyl (C=O) groups excluding carboxylic acids is 2. The van der Waals surface area contributed by atoms with E-state index in [0.29, 0.717) is 0 Å². The van der Waals surface area contributed by atoms with Gasteiger partial charge in [0, 0.05) is 31.9 Å². The van der Waals surface area contributed by atoms with E-state index < -0.39 is 6.03 Å². The van der Waals surface area contributed by atoms with Crippen molar-refractivity contribution in [3.63, 3.8) is 0 Å². The van der Waals surface area contributed by atoms with E-state index in [1.54, 1.807) is 6.92 Å². The lowest BCUT2D eigenvalue weighted by atomic mass is 10.1. The molecule has 3 amide bonds. The average Bonchev–Trinajstić information content (AvgIpc) is 2.46. The van der Waals surface area contributed by atoms with Crippen molar-refractivity contribution in [3.8, 4) is 0 Å². The summed E-state index contributed by atoms with van der Waals surface area (Å²) < 4.78 is 0. The number of anilines is 1. The van der Waals surface area contributed by atoms with Crippen LogP contribution in [0.15, 0.2) is 24.3 Å². The Morgan fingerprint density at radius 2 is 1.90 bits per heavy atom. The maximum Gasteiger partial charge on any atom is 0.318 e. The number of piperazine rings is 1. The van der Waals surface area contributed by atoms with E-state index in [9.17, 15) is 9.59 Å². The summed E-state index contributed by atoms with van der Waals surface area (Å²) in [5, 5.41) is 2.13. The maximum absolute atomic E-state index is 11.8. The van der Waals surface area contributed by atoms with Gasteiger partial charge in [0.1, 0.15) is 0 Å². The molecule has 1 saturated heterocycles. The van der Waals surface area contributed by atoms with Gasteiger partial charge < -0.3 is 10.6 Å². The van der Waals surface area contributed by atoms with E-state index in [2.05, 4.69) is 46.3 Å². The molecule has 0 aliphatic carbocycles. The molecule has 1 heterocycles. The van der Waals surface area contributed by atoms with Crippen molar-refractivity contribution in [3.05, 3.63) is 29.8 Å². The van der Waals surface area contributed by atoms with E-state index >= 15 is 0 Å². The zero-order chi connectivity index (χ0) is 15.4. The molecule has 1 atom stereocenters. The number of primary amides is 1. The minimum Gasteiger partial charge on any atom is -0.369 e. The summed E-state index contributed by atoms with van der Waals surface area (Å²) in [6, 6.07) is 7.25. The number of nitrogens with zero attached hydrogens (tertiary/aromatic N) is 2. The summed E-state index contributed by atoms with van der Waals surface area (Å²) in [5.41, 5.74) is 7.43. The van der Waals surface area contributed by atoms with Gasteiger partial charge in [-0.3, -0.25) is 15.0 Å². The molecule has 2 rings (SSSR count). The molecule has 0 radical (unpaired) electrons. The standard InChI is InChI=1S/C15H22N4O2/c1-11-4-3-5-13(10-11)19-8-6-18(7-9-19)12(2)14(20)17-15(16)21/h3-5,10,12H,6-9H2,1-2H3,(H3,16,17,20,21). The first-order valence-corrected chi connectivity index (χ1v) is 7.13. The Hall–Kier alpha value is -2.08. The highest BCUT2D eigenvalue weighted by molar-refractivity contribution is 5.96.